The molecule has 3 nitrogen and oxygen atoms in total. The van der Waals surface area contributed by atoms with Crippen molar-refractivity contribution in [1.29, 1.82) is 0 Å². The average molecular weight is 312 g/mol. The molecule has 0 spiro atoms. The Morgan fingerprint density at radius 1 is 1.60 bits per heavy atom. The average Bonchev–Trinajstić information content (AvgIpc) is 2.51. The Kier molecular flexibility index (Phi) is 4.76. The Morgan fingerprint density at radius 3 is 2.73 bits per heavy atom. The lowest BCUT2D eigenvalue weighted by molar-refractivity contribution is 0.545. The van der Waals surface area contributed by atoms with Gasteiger partial charge in [-0.2, -0.15) is 0 Å². The van der Waals surface area contributed by atoms with E-state index in [1.54, 1.807) is 11.4 Å². The van der Waals surface area contributed by atoms with E-state index >= 15 is 0 Å². The quantitative estimate of drug-likeness (QED) is 0.908. The fraction of sp³-hybridized carbons (Fsp3) is 0.556. The van der Waals surface area contributed by atoms with Crippen molar-refractivity contribution in [2.45, 2.75) is 36.9 Å². The van der Waals surface area contributed by atoms with Gasteiger partial charge in [0.1, 0.15) is 4.21 Å². The summed E-state index contributed by atoms with van der Waals surface area (Å²) in [6.45, 7) is 3.91. The molecule has 1 heterocycles. The molecule has 0 aliphatic rings. The SMILES string of the molecule is CCCC(C)NS(=O)(=O)c1sccc1Br. The summed E-state index contributed by atoms with van der Waals surface area (Å²) < 4.78 is 27.4. The second-order valence-corrected chi connectivity index (χ2v) is 7.05. The van der Waals surface area contributed by atoms with Crippen LogP contribution < -0.4 is 4.72 Å². The minimum atomic E-state index is -3.35. The first-order valence-electron chi connectivity index (χ1n) is 4.72. The van der Waals surface area contributed by atoms with E-state index in [0.717, 1.165) is 12.8 Å². The highest BCUT2D eigenvalue weighted by Crippen LogP contribution is 2.27. The maximum atomic E-state index is 11.9. The van der Waals surface area contributed by atoms with Crippen molar-refractivity contribution in [2.75, 3.05) is 0 Å². The summed E-state index contributed by atoms with van der Waals surface area (Å²) in [5.74, 6) is 0. The molecular weight excluding hydrogens is 298 g/mol. The summed E-state index contributed by atoms with van der Waals surface area (Å²) in [5.41, 5.74) is 0. The molecule has 0 saturated heterocycles. The van der Waals surface area contributed by atoms with Gasteiger partial charge in [-0.25, -0.2) is 13.1 Å². The number of rotatable bonds is 5. The van der Waals surface area contributed by atoms with Crippen LogP contribution in [-0.4, -0.2) is 14.5 Å². The monoisotopic (exact) mass is 311 g/mol. The lowest BCUT2D eigenvalue weighted by Crippen LogP contribution is -2.32. The summed E-state index contributed by atoms with van der Waals surface area (Å²) in [6.07, 6.45) is 1.82. The third kappa shape index (κ3) is 3.55. The van der Waals surface area contributed by atoms with Gasteiger partial charge in [-0.3, -0.25) is 0 Å². The molecule has 0 aliphatic carbocycles. The second kappa shape index (κ2) is 5.43. The van der Waals surface area contributed by atoms with E-state index in [1.165, 1.54) is 11.3 Å². The number of nitrogens with one attached hydrogen (secondary N) is 1. The molecule has 1 rings (SSSR count). The maximum Gasteiger partial charge on any atom is 0.251 e. The number of hydrogen-bond donors (Lipinski definition) is 1. The van der Waals surface area contributed by atoms with Gasteiger partial charge in [-0.05, 0) is 40.7 Å². The van der Waals surface area contributed by atoms with Crippen LogP contribution in [0.2, 0.25) is 0 Å². The Labute approximate surface area is 103 Å². The van der Waals surface area contributed by atoms with Crippen molar-refractivity contribution in [3.63, 3.8) is 0 Å². The summed E-state index contributed by atoms with van der Waals surface area (Å²) >= 11 is 4.44. The van der Waals surface area contributed by atoms with Crippen LogP contribution in [-0.2, 0) is 10.0 Å². The Hall–Kier alpha value is 0.0900. The first-order chi connectivity index (χ1) is 6.97. The minimum Gasteiger partial charge on any atom is -0.208 e. The molecule has 1 aromatic heterocycles. The molecule has 1 atom stereocenters. The third-order valence-electron chi connectivity index (χ3n) is 1.91. The molecule has 1 aromatic rings. The normalized spacial score (nSPS) is 14.1. The van der Waals surface area contributed by atoms with Crippen molar-refractivity contribution in [1.82, 2.24) is 4.72 Å². The Bertz CT molecular complexity index is 414. The van der Waals surface area contributed by atoms with E-state index < -0.39 is 10.0 Å². The lowest BCUT2D eigenvalue weighted by atomic mass is 10.2. The van der Waals surface area contributed by atoms with Gasteiger partial charge in [0.05, 0.1) is 0 Å². The van der Waals surface area contributed by atoms with Gasteiger partial charge < -0.3 is 0 Å². The topological polar surface area (TPSA) is 46.2 Å². The largest absolute Gasteiger partial charge is 0.251 e. The van der Waals surface area contributed by atoms with Crippen LogP contribution in [0, 0.1) is 0 Å². The molecule has 15 heavy (non-hydrogen) atoms. The van der Waals surface area contributed by atoms with Crippen molar-refractivity contribution in [2.24, 2.45) is 0 Å². The van der Waals surface area contributed by atoms with Gasteiger partial charge in [0.15, 0.2) is 0 Å². The van der Waals surface area contributed by atoms with Crippen LogP contribution >= 0.6 is 27.3 Å². The van der Waals surface area contributed by atoms with Crippen molar-refractivity contribution < 1.29 is 8.42 Å². The van der Waals surface area contributed by atoms with Gasteiger partial charge >= 0.3 is 0 Å². The molecule has 0 fully saturated rings. The fourth-order valence-corrected chi connectivity index (χ4v) is 4.91. The predicted molar refractivity (Wildman–Crippen MR) is 66.7 cm³/mol. The Balaban J connectivity index is 2.81. The molecule has 86 valence electrons. The van der Waals surface area contributed by atoms with Crippen molar-refractivity contribution in [3.8, 4) is 0 Å². The lowest BCUT2D eigenvalue weighted by Gasteiger charge is -2.12. The van der Waals surface area contributed by atoms with Gasteiger partial charge in [0, 0.05) is 10.5 Å². The van der Waals surface area contributed by atoms with E-state index in [9.17, 15) is 8.42 Å². The Morgan fingerprint density at radius 2 is 2.27 bits per heavy atom. The predicted octanol–water partition coefficient (Wildman–Crippen LogP) is 2.98. The summed E-state index contributed by atoms with van der Waals surface area (Å²) in [5, 5.41) is 1.75. The molecule has 0 radical (unpaired) electrons. The first kappa shape index (κ1) is 13.2. The molecule has 1 unspecified atom stereocenters. The zero-order chi connectivity index (χ0) is 11.5. The van der Waals surface area contributed by atoms with E-state index in [4.69, 9.17) is 0 Å². The fourth-order valence-electron chi connectivity index (χ4n) is 1.28. The van der Waals surface area contributed by atoms with Crippen LogP contribution in [0.15, 0.2) is 20.1 Å². The highest BCUT2D eigenvalue weighted by Gasteiger charge is 2.20. The van der Waals surface area contributed by atoms with Crippen molar-refractivity contribution >= 4 is 37.3 Å². The standard InChI is InChI=1S/C9H14BrNO2S2/c1-3-4-7(2)11-15(12,13)9-8(10)5-6-14-9/h5-7,11H,3-4H2,1-2H3. The molecule has 0 amide bonds. The van der Waals surface area contributed by atoms with E-state index in [2.05, 4.69) is 20.7 Å². The van der Waals surface area contributed by atoms with Crippen LogP contribution in [0.1, 0.15) is 26.7 Å². The molecule has 0 aliphatic heterocycles. The number of hydrogen-bond acceptors (Lipinski definition) is 3. The highest BCUT2D eigenvalue weighted by molar-refractivity contribution is 9.10. The highest BCUT2D eigenvalue weighted by atomic mass is 79.9. The van der Waals surface area contributed by atoms with Crippen LogP contribution in [0.25, 0.3) is 0 Å². The molecule has 0 aromatic carbocycles. The first-order valence-corrected chi connectivity index (χ1v) is 7.88. The second-order valence-electron chi connectivity index (χ2n) is 3.37. The molecule has 1 N–H and O–H groups in total. The van der Waals surface area contributed by atoms with Crippen LogP contribution in [0.3, 0.4) is 0 Å². The van der Waals surface area contributed by atoms with E-state index in [1.807, 2.05) is 13.8 Å². The van der Waals surface area contributed by atoms with Crippen LogP contribution in [0.4, 0.5) is 0 Å². The summed E-state index contributed by atoms with van der Waals surface area (Å²) in [6, 6.07) is 1.72. The summed E-state index contributed by atoms with van der Waals surface area (Å²) in [4.78, 5) is 0. The third-order valence-corrected chi connectivity index (χ3v) is 6.17. The maximum absolute atomic E-state index is 11.9. The van der Waals surface area contributed by atoms with E-state index in [0.29, 0.717) is 8.68 Å². The number of sulfonamides is 1. The molecule has 0 bridgehead atoms. The molecule has 6 heteroatoms. The van der Waals surface area contributed by atoms with Crippen LogP contribution in [0.5, 0.6) is 0 Å². The zero-order valence-electron chi connectivity index (χ0n) is 8.66. The van der Waals surface area contributed by atoms with Gasteiger partial charge in [0.2, 0.25) is 0 Å². The zero-order valence-corrected chi connectivity index (χ0v) is 11.9. The number of thiophene rings is 1. The van der Waals surface area contributed by atoms with Gasteiger partial charge in [0.25, 0.3) is 10.0 Å². The molecule has 0 saturated carbocycles. The number of halogens is 1. The molecular formula is C9H14BrNO2S2. The van der Waals surface area contributed by atoms with Gasteiger partial charge in [-0.1, -0.05) is 13.3 Å². The minimum absolute atomic E-state index is 0.0194. The smallest absolute Gasteiger partial charge is 0.208 e. The van der Waals surface area contributed by atoms with Gasteiger partial charge in [-0.15, -0.1) is 11.3 Å². The van der Waals surface area contributed by atoms with Crippen molar-refractivity contribution in [3.05, 3.63) is 15.9 Å². The summed E-state index contributed by atoms with van der Waals surface area (Å²) in [7, 11) is -3.35. The van der Waals surface area contributed by atoms with E-state index in [-0.39, 0.29) is 6.04 Å².